The summed E-state index contributed by atoms with van der Waals surface area (Å²) in [5.74, 6) is 5.49. The number of carbonyl (C=O) groups excluding carboxylic acids is 2. The fourth-order valence-electron chi connectivity index (χ4n) is 4.04. The molecule has 3 aromatic carbocycles. The highest BCUT2D eigenvalue weighted by Gasteiger charge is 2.29. The van der Waals surface area contributed by atoms with Gasteiger partial charge in [-0.1, -0.05) is 96.9 Å². The Labute approximate surface area is 241 Å². The van der Waals surface area contributed by atoms with Crippen LogP contribution in [0.3, 0.4) is 0 Å². The summed E-state index contributed by atoms with van der Waals surface area (Å²) >= 11 is 0. The molecule has 0 aliphatic carbocycles. The van der Waals surface area contributed by atoms with E-state index in [4.69, 9.17) is 9.84 Å². The molecule has 0 radical (unpaired) electrons. The van der Waals surface area contributed by atoms with E-state index in [0.29, 0.717) is 11.4 Å². The largest absolute Gasteiger partial charge is 0.458 e. The molecule has 7 nitrogen and oxygen atoms in total. The van der Waals surface area contributed by atoms with Gasteiger partial charge in [-0.05, 0) is 38.3 Å². The van der Waals surface area contributed by atoms with Crippen molar-refractivity contribution in [3.63, 3.8) is 0 Å². The second kappa shape index (κ2) is 13.9. The van der Waals surface area contributed by atoms with Gasteiger partial charge in [-0.2, -0.15) is 5.10 Å². The SMILES string of the molecule is CC(C)(C)OC(=O)[C@@H](Cc1ccccc1)NC(=O)N(CC#CC1=CCC=N1)N=C(c1ccccc1)c1ccccc1. The Balaban J connectivity index is 1.69. The van der Waals surface area contributed by atoms with Crippen LogP contribution in [0.1, 0.15) is 43.9 Å². The Morgan fingerprint density at radius 2 is 1.54 bits per heavy atom. The fourth-order valence-corrected chi connectivity index (χ4v) is 4.04. The van der Waals surface area contributed by atoms with Gasteiger partial charge in [0.15, 0.2) is 0 Å². The van der Waals surface area contributed by atoms with E-state index in [1.54, 1.807) is 27.0 Å². The Bertz CT molecular complexity index is 1440. The quantitative estimate of drug-likeness (QED) is 0.169. The van der Waals surface area contributed by atoms with Crippen LogP contribution < -0.4 is 5.32 Å². The van der Waals surface area contributed by atoms with Crippen LogP contribution in [-0.4, -0.2) is 47.1 Å². The standard InChI is InChI=1S/C34H34N4O3/c1-34(2,3)41-32(39)30(25-26-15-7-4-8-16-26)36-33(40)38(24-14-22-29-21-13-23-35-29)37-31(27-17-9-5-10-18-27)28-19-11-6-12-20-28/h4-12,15-21,23,30H,13,24-25H2,1-3H3,(H,36,40)/t30-/m1/s1. The molecule has 0 spiro atoms. The topological polar surface area (TPSA) is 83.4 Å². The summed E-state index contributed by atoms with van der Waals surface area (Å²) in [7, 11) is 0. The predicted octanol–water partition coefficient (Wildman–Crippen LogP) is 5.77. The van der Waals surface area contributed by atoms with E-state index in [0.717, 1.165) is 23.1 Å². The van der Waals surface area contributed by atoms with Crippen LogP contribution in [0.4, 0.5) is 4.79 Å². The van der Waals surface area contributed by atoms with E-state index in [1.807, 2.05) is 97.1 Å². The van der Waals surface area contributed by atoms with Gasteiger partial charge in [0.1, 0.15) is 23.9 Å². The van der Waals surface area contributed by atoms with E-state index in [1.165, 1.54) is 5.01 Å². The van der Waals surface area contributed by atoms with Crippen molar-refractivity contribution < 1.29 is 14.3 Å². The van der Waals surface area contributed by atoms with E-state index in [-0.39, 0.29) is 13.0 Å². The van der Waals surface area contributed by atoms with Crippen molar-refractivity contribution in [2.75, 3.05) is 6.54 Å². The number of urea groups is 1. The van der Waals surface area contributed by atoms with Crippen LogP contribution >= 0.6 is 0 Å². The molecule has 2 amide bonds. The molecule has 208 valence electrons. The van der Waals surface area contributed by atoms with Crippen LogP contribution in [-0.2, 0) is 16.0 Å². The van der Waals surface area contributed by atoms with Gasteiger partial charge in [-0.25, -0.2) is 14.6 Å². The first-order valence-electron chi connectivity index (χ1n) is 13.5. The van der Waals surface area contributed by atoms with Crippen molar-refractivity contribution in [1.29, 1.82) is 0 Å². The molecule has 41 heavy (non-hydrogen) atoms. The highest BCUT2D eigenvalue weighted by Crippen LogP contribution is 2.15. The first-order chi connectivity index (χ1) is 19.8. The first kappa shape index (κ1) is 29.0. The highest BCUT2D eigenvalue weighted by atomic mass is 16.6. The van der Waals surface area contributed by atoms with Gasteiger partial charge >= 0.3 is 12.0 Å². The smallest absolute Gasteiger partial charge is 0.339 e. The number of hydrogen-bond donors (Lipinski definition) is 1. The lowest BCUT2D eigenvalue weighted by Crippen LogP contribution is -2.49. The molecule has 1 aliphatic heterocycles. The number of amides is 2. The van der Waals surface area contributed by atoms with Crippen molar-refractivity contribution in [2.24, 2.45) is 10.1 Å². The molecule has 0 aromatic heterocycles. The number of nitrogens with one attached hydrogen (secondary N) is 1. The number of ether oxygens (including phenoxy) is 1. The Morgan fingerprint density at radius 3 is 2.07 bits per heavy atom. The molecule has 0 fully saturated rings. The average molecular weight is 547 g/mol. The van der Waals surface area contributed by atoms with Crippen LogP contribution in [0.5, 0.6) is 0 Å². The molecule has 1 N–H and O–H groups in total. The third-order valence-corrected chi connectivity index (χ3v) is 5.91. The highest BCUT2D eigenvalue weighted by molar-refractivity contribution is 6.13. The second-order valence-corrected chi connectivity index (χ2v) is 10.4. The monoisotopic (exact) mass is 546 g/mol. The molecular formula is C34H34N4O3. The number of rotatable bonds is 8. The van der Waals surface area contributed by atoms with Gasteiger partial charge in [0.25, 0.3) is 0 Å². The number of hydrogen-bond acceptors (Lipinski definition) is 5. The molecule has 0 saturated carbocycles. The van der Waals surface area contributed by atoms with Gasteiger partial charge in [-0.15, -0.1) is 0 Å². The number of carbonyl (C=O) groups is 2. The predicted molar refractivity (Wildman–Crippen MR) is 163 cm³/mol. The fraction of sp³-hybridized carbons (Fsp3) is 0.235. The molecule has 1 atom stereocenters. The second-order valence-electron chi connectivity index (χ2n) is 10.4. The minimum atomic E-state index is -0.936. The van der Waals surface area contributed by atoms with Crippen LogP contribution in [0.15, 0.2) is 113 Å². The maximum atomic E-state index is 13.8. The summed E-state index contributed by atoms with van der Waals surface area (Å²) in [6.45, 7) is 5.37. The number of benzene rings is 3. The third kappa shape index (κ3) is 9.04. The molecule has 1 heterocycles. The summed E-state index contributed by atoms with van der Waals surface area (Å²) in [5.41, 5.74) is 3.08. The maximum absolute atomic E-state index is 13.8. The van der Waals surface area contributed by atoms with E-state index >= 15 is 0 Å². The zero-order valence-electron chi connectivity index (χ0n) is 23.6. The van der Waals surface area contributed by atoms with E-state index < -0.39 is 23.6 Å². The summed E-state index contributed by atoms with van der Waals surface area (Å²) in [6, 6.07) is 27.2. The molecular weight excluding hydrogens is 512 g/mol. The van der Waals surface area contributed by atoms with Crippen LogP contribution in [0, 0.1) is 11.8 Å². The Kier molecular flexibility index (Phi) is 9.85. The molecule has 0 bridgehead atoms. The lowest BCUT2D eigenvalue weighted by atomic mass is 10.0. The van der Waals surface area contributed by atoms with Gasteiger partial charge in [0.05, 0.1) is 5.71 Å². The Morgan fingerprint density at radius 1 is 0.951 bits per heavy atom. The Hall–Kier alpha value is -4.96. The number of nitrogens with zero attached hydrogens (tertiary/aromatic N) is 3. The molecule has 3 aromatic rings. The molecule has 7 heteroatoms. The van der Waals surface area contributed by atoms with Gasteiger partial charge in [0, 0.05) is 30.2 Å². The zero-order chi connectivity index (χ0) is 29.1. The van der Waals surface area contributed by atoms with Gasteiger partial charge < -0.3 is 10.1 Å². The van der Waals surface area contributed by atoms with Gasteiger partial charge in [0.2, 0.25) is 0 Å². The number of hydrazone groups is 1. The average Bonchev–Trinajstić information content (AvgIpc) is 3.49. The number of esters is 1. The normalized spacial score (nSPS) is 12.8. The van der Waals surface area contributed by atoms with Crippen LogP contribution in [0.25, 0.3) is 0 Å². The van der Waals surface area contributed by atoms with Crippen molar-refractivity contribution >= 4 is 23.9 Å². The molecule has 0 unspecified atom stereocenters. The third-order valence-electron chi connectivity index (χ3n) is 5.91. The zero-order valence-corrected chi connectivity index (χ0v) is 23.6. The number of aliphatic imine (C=N–C) groups is 1. The van der Waals surface area contributed by atoms with Crippen molar-refractivity contribution in [3.05, 3.63) is 119 Å². The summed E-state index contributed by atoms with van der Waals surface area (Å²) in [6.07, 6.45) is 4.69. The van der Waals surface area contributed by atoms with E-state index in [9.17, 15) is 9.59 Å². The molecule has 4 rings (SSSR count). The lowest BCUT2D eigenvalue weighted by molar-refractivity contribution is -0.157. The van der Waals surface area contributed by atoms with Crippen molar-refractivity contribution in [1.82, 2.24) is 10.3 Å². The number of allylic oxidation sites excluding steroid dienone is 2. The summed E-state index contributed by atoms with van der Waals surface area (Å²) in [4.78, 5) is 31.3. The minimum absolute atomic E-state index is 0.0196. The minimum Gasteiger partial charge on any atom is -0.458 e. The van der Waals surface area contributed by atoms with E-state index in [2.05, 4.69) is 22.2 Å². The van der Waals surface area contributed by atoms with Crippen molar-refractivity contribution in [2.45, 2.75) is 45.3 Å². The van der Waals surface area contributed by atoms with Crippen molar-refractivity contribution in [3.8, 4) is 11.8 Å². The van der Waals surface area contributed by atoms with Crippen LogP contribution in [0.2, 0.25) is 0 Å². The summed E-state index contributed by atoms with van der Waals surface area (Å²) < 4.78 is 5.66. The molecule has 1 aliphatic rings. The summed E-state index contributed by atoms with van der Waals surface area (Å²) in [5, 5.41) is 8.92. The maximum Gasteiger partial charge on any atom is 0.339 e. The lowest BCUT2D eigenvalue weighted by Gasteiger charge is -2.26. The van der Waals surface area contributed by atoms with Gasteiger partial charge in [-0.3, -0.25) is 4.99 Å². The first-order valence-corrected chi connectivity index (χ1v) is 13.5. The molecule has 0 saturated heterocycles.